The smallest absolute Gasteiger partial charge is 0.417 e. The first-order chi connectivity index (χ1) is 16.7. The molecule has 3 aromatic carbocycles. The Hall–Kier alpha value is -3.52. The van der Waals surface area contributed by atoms with Crippen LogP contribution in [0.1, 0.15) is 18.1 Å². The van der Waals surface area contributed by atoms with Crippen LogP contribution in [0.3, 0.4) is 0 Å². The fourth-order valence-corrected chi connectivity index (χ4v) is 4.05. The molecule has 1 heterocycles. The predicted octanol–water partition coefficient (Wildman–Crippen LogP) is 5.92. The summed E-state index contributed by atoms with van der Waals surface area (Å²) in [5, 5.41) is 2.88. The van der Waals surface area contributed by atoms with Gasteiger partial charge in [-0.1, -0.05) is 36.4 Å². The lowest BCUT2D eigenvalue weighted by atomic mass is 9.98. The molecule has 8 heteroatoms. The number of amides is 1. The van der Waals surface area contributed by atoms with Gasteiger partial charge in [0.25, 0.3) is 5.91 Å². The zero-order valence-corrected chi connectivity index (χ0v) is 19.6. The van der Waals surface area contributed by atoms with Crippen LogP contribution in [0.25, 0.3) is 11.1 Å². The van der Waals surface area contributed by atoms with Gasteiger partial charge in [0.2, 0.25) is 0 Å². The second-order valence-corrected chi connectivity index (χ2v) is 8.44. The summed E-state index contributed by atoms with van der Waals surface area (Å²) < 4.78 is 52.2. The molecular weight excluding hydrogens is 457 g/mol. The number of ether oxygens (including phenoxy) is 2. The van der Waals surface area contributed by atoms with E-state index in [0.717, 1.165) is 17.3 Å². The summed E-state index contributed by atoms with van der Waals surface area (Å²) in [5.41, 5.74) is 1.82. The van der Waals surface area contributed by atoms with E-state index >= 15 is 0 Å². The predicted molar refractivity (Wildman–Crippen MR) is 130 cm³/mol. The first-order valence-corrected chi connectivity index (χ1v) is 11.4. The van der Waals surface area contributed by atoms with Gasteiger partial charge in [-0.15, -0.1) is 0 Å². The Morgan fingerprint density at radius 1 is 1.03 bits per heavy atom. The topological polar surface area (TPSA) is 50.8 Å². The molecule has 35 heavy (non-hydrogen) atoms. The highest BCUT2D eigenvalue weighted by atomic mass is 19.4. The number of carbonyl (C=O) groups excluding carboxylic acids is 1. The monoisotopic (exact) mass is 484 g/mol. The number of halogens is 3. The van der Waals surface area contributed by atoms with Crippen molar-refractivity contribution < 1.29 is 27.4 Å². The molecule has 1 unspecified atom stereocenters. The molecule has 184 valence electrons. The van der Waals surface area contributed by atoms with Gasteiger partial charge in [0, 0.05) is 13.1 Å². The van der Waals surface area contributed by atoms with E-state index in [4.69, 9.17) is 9.47 Å². The molecule has 1 atom stereocenters. The fourth-order valence-electron chi connectivity index (χ4n) is 4.05. The molecule has 0 radical (unpaired) electrons. The van der Waals surface area contributed by atoms with E-state index in [1.807, 2.05) is 30.0 Å². The van der Waals surface area contributed by atoms with E-state index in [0.29, 0.717) is 43.3 Å². The molecule has 5 nitrogen and oxygen atoms in total. The molecule has 0 spiro atoms. The molecule has 0 aromatic heterocycles. The lowest BCUT2D eigenvalue weighted by Gasteiger charge is -2.31. The van der Waals surface area contributed by atoms with Gasteiger partial charge in [-0.25, -0.2) is 0 Å². The van der Waals surface area contributed by atoms with Crippen molar-refractivity contribution in [1.29, 1.82) is 0 Å². The van der Waals surface area contributed by atoms with Crippen LogP contribution in [0.15, 0.2) is 66.7 Å². The van der Waals surface area contributed by atoms with Crippen LogP contribution in [0.5, 0.6) is 5.75 Å². The Morgan fingerprint density at radius 3 is 2.49 bits per heavy atom. The molecule has 4 rings (SSSR count). The molecule has 1 amide bonds. The third-order valence-electron chi connectivity index (χ3n) is 5.82. The Morgan fingerprint density at radius 2 is 1.77 bits per heavy atom. The first kappa shape index (κ1) is 24.6. The van der Waals surface area contributed by atoms with Gasteiger partial charge in [0.05, 0.1) is 30.2 Å². The molecule has 0 bridgehead atoms. The normalized spacial score (nSPS) is 14.9. The van der Waals surface area contributed by atoms with Crippen molar-refractivity contribution in [2.24, 2.45) is 0 Å². The number of rotatable bonds is 6. The maximum atomic E-state index is 13.6. The summed E-state index contributed by atoms with van der Waals surface area (Å²) >= 11 is 0. The number of aryl methyl sites for hydroxylation is 1. The number of carbonyl (C=O) groups is 1. The van der Waals surface area contributed by atoms with Crippen molar-refractivity contribution in [1.82, 2.24) is 0 Å². The van der Waals surface area contributed by atoms with Gasteiger partial charge in [0.1, 0.15) is 5.75 Å². The highest BCUT2D eigenvalue weighted by Crippen LogP contribution is 2.39. The van der Waals surface area contributed by atoms with Crippen LogP contribution in [-0.4, -0.2) is 38.3 Å². The van der Waals surface area contributed by atoms with Gasteiger partial charge < -0.3 is 19.7 Å². The molecule has 1 aliphatic heterocycles. The van der Waals surface area contributed by atoms with E-state index in [9.17, 15) is 18.0 Å². The van der Waals surface area contributed by atoms with Crippen molar-refractivity contribution in [3.05, 3.63) is 77.9 Å². The number of nitrogens with one attached hydrogen (secondary N) is 1. The molecule has 1 fully saturated rings. The number of nitrogens with zero attached hydrogens (tertiary/aromatic N) is 1. The van der Waals surface area contributed by atoms with Gasteiger partial charge in [-0.05, 0) is 60.9 Å². The Kier molecular flexibility index (Phi) is 7.31. The number of benzene rings is 3. The lowest BCUT2D eigenvalue weighted by Crippen LogP contribution is -2.37. The third kappa shape index (κ3) is 5.95. The number of anilines is 2. The molecule has 1 N–H and O–H groups in total. The summed E-state index contributed by atoms with van der Waals surface area (Å²) in [5.74, 6) is 0.163. The van der Waals surface area contributed by atoms with E-state index in [1.165, 1.54) is 12.1 Å². The van der Waals surface area contributed by atoms with Crippen molar-refractivity contribution in [2.45, 2.75) is 26.1 Å². The molecular formula is C27H27F3N2O3. The summed E-state index contributed by atoms with van der Waals surface area (Å²) in [6.45, 7) is 5.83. The summed E-state index contributed by atoms with van der Waals surface area (Å²) in [6, 6.07) is 17.8. The van der Waals surface area contributed by atoms with Crippen LogP contribution in [0.4, 0.5) is 24.5 Å². The highest BCUT2D eigenvalue weighted by molar-refractivity contribution is 5.98. The highest BCUT2D eigenvalue weighted by Gasteiger charge is 2.33. The van der Waals surface area contributed by atoms with Crippen molar-refractivity contribution in [3.8, 4) is 16.9 Å². The van der Waals surface area contributed by atoms with E-state index in [2.05, 4.69) is 5.32 Å². The van der Waals surface area contributed by atoms with Gasteiger partial charge in [-0.3, -0.25) is 4.79 Å². The van der Waals surface area contributed by atoms with Gasteiger partial charge in [0.15, 0.2) is 6.10 Å². The molecule has 0 saturated carbocycles. The summed E-state index contributed by atoms with van der Waals surface area (Å²) in [6.07, 6.45) is -5.32. The maximum Gasteiger partial charge on any atom is 0.417 e. The standard InChI is InChI=1S/C27H27F3N2O3/c1-18-6-5-7-21(16-18)35-19(2)26(33)31-24-17-20(10-11-25(24)32-12-14-34-15-13-32)22-8-3-4-9-23(22)27(28,29)30/h3-11,16-17,19H,12-15H2,1-2H3,(H,31,33). The lowest BCUT2D eigenvalue weighted by molar-refractivity contribution is -0.137. The van der Waals surface area contributed by atoms with Crippen LogP contribution in [0, 0.1) is 6.92 Å². The Bertz CT molecular complexity index is 1190. The van der Waals surface area contributed by atoms with E-state index in [1.54, 1.807) is 37.3 Å². The Balaban J connectivity index is 1.66. The maximum absolute atomic E-state index is 13.6. The summed E-state index contributed by atoms with van der Waals surface area (Å²) in [4.78, 5) is 15.1. The van der Waals surface area contributed by atoms with Crippen LogP contribution < -0.4 is 15.0 Å². The van der Waals surface area contributed by atoms with Gasteiger partial charge >= 0.3 is 6.18 Å². The minimum atomic E-state index is -4.50. The van der Waals surface area contributed by atoms with Crippen LogP contribution in [0.2, 0.25) is 0 Å². The zero-order valence-electron chi connectivity index (χ0n) is 19.6. The fraction of sp³-hybridized carbons (Fsp3) is 0.296. The number of hydrogen-bond acceptors (Lipinski definition) is 4. The first-order valence-electron chi connectivity index (χ1n) is 11.4. The largest absolute Gasteiger partial charge is 0.481 e. The minimum absolute atomic E-state index is 0.0492. The van der Waals surface area contributed by atoms with E-state index < -0.39 is 23.8 Å². The minimum Gasteiger partial charge on any atom is -0.481 e. The summed E-state index contributed by atoms with van der Waals surface area (Å²) in [7, 11) is 0. The number of morpholine rings is 1. The number of hydrogen-bond donors (Lipinski definition) is 1. The molecule has 3 aromatic rings. The second kappa shape index (κ2) is 10.4. The Labute approximate surface area is 202 Å². The van der Waals surface area contributed by atoms with Crippen molar-refractivity contribution >= 4 is 17.3 Å². The van der Waals surface area contributed by atoms with Gasteiger partial charge in [-0.2, -0.15) is 13.2 Å². The third-order valence-corrected chi connectivity index (χ3v) is 5.82. The van der Waals surface area contributed by atoms with E-state index in [-0.39, 0.29) is 5.56 Å². The quantitative estimate of drug-likeness (QED) is 0.472. The molecule has 0 aliphatic carbocycles. The molecule has 1 saturated heterocycles. The number of alkyl halides is 3. The average Bonchev–Trinajstić information content (AvgIpc) is 2.84. The van der Waals surface area contributed by atoms with Crippen LogP contribution in [-0.2, 0) is 15.7 Å². The van der Waals surface area contributed by atoms with Crippen LogP contribution >= 0.6 is 0 Å². The molecule has 1 aliphatic rings. The second-order valence-electron chi connectivity index (χ2n) is 8.44. The van der Waals surface area contributed by atoms with Crippen molar-refractivity contribution in [3.63, 3.8) is 0 Å². The average molecular weight is 485 g/mol. The zero-order chi connectivity index (χ0) is 25.0. The SMILES string of the molecule is Cc1cccc(OC(C)C(=O)Nc2cc(-c3ccccc3C(F)(F)F)ccc2N2CCOCC2)c1. The van der Waals surface area contributed by atoms with Crippen molar-refractivity contribution in [2.75, 3.05) is 36.5 Å².